The zero-order valence-electron chi connectivity index (χ0n) is 13.4. The number of thioether (sulfide) groups is 1. The number of piperidine rings is 1. The lowest BCUT2D eigenvalue weighted by molar-refractivity contribution is 0.234. The highest BCUT2D eigenvalue weighted by Crippen LogP contribution is 2.29. The first-order valence-electron chi connectivity index (χ1n) is 7.99. The Morgan fingerprint density at radius 2 is 1.96 bits per heavy atom. The van der Waals surface area contributed by atoms with E-state index in [9.17, 15) is 8.42 Å². The molecule has 0 bridgehead atoms. The molecule has 4 nitrogen and oxygen atoms in total. The van der Waals surface area contributed by atoms with Gasteiger partial charge in [0.15, 0.2) is 0 Å². The molecule has 7 heteroatoms. The first-order valence-corrected chi connectivity index (χ1v) is 10.7. The highest BCUT2D eigenvalue weighted by molar-refractivity contribution is 7.98. The predicted molar refractivity (Wildman–Crippen MR) is 98.0 cm³/mol. The van der Waals surface area contributed by atoms with E-state index in [4.69, 9.17) is 0 Å². The minimum atomic E-state index is -3.34. The van der Waals surface area contributed by atoms with Crippen molar-refractivity contribution in [1.29, 1.82) is 0 Å². The normalized spacial score (nSPS) is 23.6. The monoisotopic (exact) mass is 376 g/mol. The molecule has 0 amide bonds. The summed E-state index contributed by atoms with van der Waals surface area (Å²) in [5.74, 6) is 0.631. The average molecular weight is 377 g/mol. The molecule has 0 aromatic heterocycles. The van der Waals surface area contributed by atoms with Gasteiger partial charge in [-0.15, -0.1) is 24.2 Å². The first-order chi connectivity index (χ1) is 10.6. The van der Waals surface area contributed by atoms with Gasteiger partial charge in [0.1, 0.15) is 0 Å². The zero-order valence-corrected chi connectivity index (χ0v) is 15.9. The van der Waals surface area contributed by atoms with Gasteiger partial charge in [0.25, 0.3) is 0 Å². The van der Waals surface area contributed by atoms with Gasteiger partial charge in [-0.05, 0) is 62.6 Å². The van der Waals surface area contributed by atoms with E-state index < -0.39 is 10.0 Å². The maximum atomic E-state index is 12.8. The van der Waals surface area contributed by atoms with Crippen LogP contribution in [-0.2, 0) is 10.0 Å². The molecule has 2 fully saturated rings. The zero-order chi connectivity index (χ0) is 15.6. The molecule has 3 rings (SSSR count). The van der Waals surface area contributed by atoms with E-state index in [-0.39, 0.29) is 12.4 Å². The largest absolute Gasteiger partial charge is 0.314 e. The Kier molecular flexibility index (Phi) is 6.80. The molecule has 2 heterocycles. The van der Waals surface area contributed by atoms with E-state index in [1.165, 1.54) is 12.8 Å². The molecule has 1 unspecified atom stereocenters. The van der Waals surface area contributed by atoms with E-state index in [0.717, 1.165) is 24.3 Å². The standard InChI is InChI=1S/C16H24N2O2S2.ClH/c1-21-14-4-2-5-15(12-14)22(19,20)18-10-7-13(8-11-18)16-6-3-9-17-16;/h2,4-5,12-13,16-17H,3,6-11H2,1H3;1H. The topological polar surface area (TPSA) is 49.4 Å². The molecule has 2 aliphatic heterocycles. The van der Waals surface area contributed by atoms with Crippen LogP contribution < -0.4 is 5.32 Å². The minimum Gasteiger partial charge on any atom is -0.314 e. The molecule has 1 aromatic carbocycles. The van der Waals surface area contributed by atoms with Crippen LogP contribution in [0.4, 0.5) is 0 Å². The lowest BCUT2D eigenvalue weighted by Crippen LogP contribution is -2.43. The van der Waals surface area contributed by atoms with Gasteiger partial charge in [0.05, 0.1) is 4.90 Å². The Bertz CT molecular complexity index is 610. The highest BCUT2D eigenvalue weighted by atomic mass is 35.5. The number of sulfonamides is 1. The van der Waals surface area contributed by atoms with Crippen LogP contribution >= 0.6 is 24.2 Å². The third kappa shape index (κ3) is 4.23. The molecule has 1 N–H and O–H groups in total. The van der Waals surface area contributed by atoms with Crippen molar-refractivity contribution in [1.82, 2.24) is 9.62 Å². The summed E-state index contributed by atoms with van der Waals surface area (Å²) < 4.78 is 27.2. The Hall–Kier alpha value is -0.270. The SMILES string of the molecule is CSc1cccc(S(=O)(=O)N2CCC(C3CCCN3)CC2)c1.Cl. The number of benzene rings is 1. The van der Waals surface area contributed by atoms with Crippen molar-refractivity contribution in [2.75, 3.05) is 25.9 Å². The Morgan fingerprint density at radius 1 is 1.22 bits per heavy atom. The second-order valence-corrected chi connectivity index (χ2v) is 8.94. The molecule has 0 spiro atoms. The molecular formula is C16H25ClN2O2S2. The van der Waals surface area contributed by atoms with Crippen molar-refractivity contribution < 1.29 is 8.42 Å². The molecule has 0 aliphatic carbocycles. The predicted octanol–water partition coefficient (Wildman–Crippen LogP) is 2.98. The molecule has 1 atom stereocenters. The molecule has 0 radical (unpaired) electrons. The van der Waals surface area contributed by atoms with E-state index >= 15 is 0 Å². The van der Waals surface area contributed by atoms with Crippen LogP contribution in [0.5, 0.6) is 0 Å². The summed E-state index contributed by atoms with van der Waals surface area (Å²) in [5.41, 5.74) is 0. The number of hydrogen-bond donors (Lipinski definition) is 1. The lowest BCUT2D eigenvalue weighted by atomic mass is 9.89. The Balaban J connectivity index is 0.00000192. The first kappa shape index (κ1) is 19.1. The molecule has 2 aliphatic rings. The molecule has 1 aromatic rings. The maximum Gasteiger partial charge on any atom is 0.243 e. The van der Waals surface area contributed by atoms with Crippen molar-refractivity contribution >= 4 is 34.2 Å². The summed E-state index contributed by atoms with van der Waals surface area (Å²) in [6, 6.07) is 7.87. The number of nitrogens with one attached hydrogen (secondary N) is 1. The summed E-state index contributed by atoms with van der Waals surface area (Å²) in [5, 5.41) is 3.56. The molecular weight excluding hydrogens is 352 g/mol. The average Bonchev–Trinajstić information content (AvgIpc) is 3.09. The van der Waals surface area contributed by atoms with Gasteiger partial charge in [-0.2, -0.15) is 4.31 Å². The number of halogens is 1. The lowest BCUT2D eigenvalue weighted by Gasteiger charge is -2.34. The van der Waals surface area contributed by atoms with Gasteiger partial charge in [-0.25, -0.2) is 8.42 Å². The smallest absolute Gasteiger partial charge is 0.243 e. The van der Waals surface area contributed by atoms with Gasteiger partial charge in [-0.3, -0.25) is 0 Å². The summed E-state index contributed by atoms with van der Waals surface area (Å²) in [6.07, 6.45) is 6.40. The van der Waals surface area contributed by atoms with Crippen LogP contribution in [-0.4, -0.2) is 44.7 Å². The highest BCUT2D eigenvalue weighted by Gasteiger charge is 2.33. The second-order valence-electron chi connectivity index (χ2n) is 6.12. The van der Waals surface area contributed by atoms with E-state index in [1.54, 1.807) is 28.2 Å². The van der Waals surface area contributed by atoms with Crippen molar-refractivity contribution in [3.63, 3.8) is 0 Å². The van der Waals surface area contributed by atoms with Gasteiger partial charge in [0.2, 0.25) is 10.0 Å². The molecule has 2 saturated heterocycles. The van der Waals surface area contributed by atoms with Crippen molar-refractivity contribution in [3.8, 4) is 0 Å². The summed E-state index contributed by atoms with van der Waals surface area (Å²) >= 11 is 1.57. The van der Waals surface area contributed by atoms with Gasteiger partial charge >= 0.3 is 0 Å². The summed E-state index contributed by atoms with van der Waals surface area (Å²) in [4.78, 5) is 1.42. The fourth-order valence-electron chi connectivity index (χ4n) is 3.54. The quantitative estimate of drug-likeness (QED) is 0.821. The number of rotatable bonds is 4. The van der Waals surface area contributed by atoms with Crippen molar-refractivity contribution in [3.05, 3.63) is 24.3 Å². The molecule has 23 heavy (non-hydrogen) atoms. The van der Waals surface area contributed by atoms with Crippen molar-refractivity contribution in [2.45, 2.75) is 41.5 Å². The third-order valence-corrected chi connectivity index (χ3v) is 7.47. The van der Waals surface area contributed by atoms with Crippen LogP contribution in [0.25, 0.3) is 0 Å². The molecule has 0 saturated carbocycles. The van der Waals surface area contributed by atoms with Gasteiger partial charge < -0.3 is 5.32 Å². The number of hydrogen-bond acceptors (Lipinski definition) is 4. The third-order valence-electron chi connectivity index (χ3n) is 4.85. The maximum absolute atomic E-state index is 12.8. The van der Waals surface area contributed by atoms with Crippen LogP contribution in [0.3, 0.4) is 0 Å². The van der Waals surface area contributed by atoms with Crippen molar-refractivity contribution in [2.24, 2.45) is 5.92 Å². The van der Waals surface area contributed by atoms with E-state index in [1.807, 2.05) is 18.4 Å². The van der Waals surface area contributed by atoms with Gasteiger partial charge in [-0.1, -0.05) is 6.07 Å². The van der Waals surface area contributed by atoms with Crippen LogP contribution in [0.15, 0.2) is 34.1 Å². The van der Waals surface area contributed by atoms with Crippen LogP contribution in [0.2, 0.25) is 0 Å². The fraction of sp³-hybridized carbons (Fsp3) is 0.625. The fourth-order valence-corrected chi connectivity index (χ4v) is 5.59. The van der Waals surface area contributed by atoms with Crippen LogP contribution in [0, 0.1) is 5.92 Å². The van der Waals surface area contributed by atoms with E-state index in [0.29, 0.717) is 29.9 Å². The summed E-state index contributed by atoms with van der Waals surface area (Å²) in [6.45, 7) is 2.41. The van der Waals surface area contributed by atoms with E-state index in [2.05, 4.69) is 5.32 Å². The Labute approximate surface area is 149 Å². The second kappa shape index (κ2) is 8.21. The summed E-state index contributed by atoms with van der Waals surface area (Å²) in [7, 11) is -3.34. The van der Waals surface area contributed by atoms with Crippen LogP contribution in [0.1, 0.15) is 25.7 Å². The number of nitrogens with zero attached hydrogens (tertiary/aromatic N) is 1. The minimum absolute atomic E-state index is 0. The Morgan fingerprint density at radius 3 is 2.57 bits per heavy atom. The van der Waals surface area contributed by atoms with Gasteiger partial charge in [0, 0.05) is 24.0 Å². The molecule has 130 valence electrons.